The maximum absolute atomic E-state index is 14.2. The molecule has 1 spiro atoms. The molecule has 0 aromatic heterocycles. The summed E-state index contributed by atoms with van der Waals surface area (Å²) in [5.41, 5.74) is 5.12. The van der Waals surface area contributed by atoms with Crippen LogP contribution in [0.3, 0.4) is 0 Å². The smallest absolute Gasteiger partial charge is 0.250 e. The van der Waals surface area contributed by atoms with E-state index in [4.69, 9.17) is 15.2 Å². The third-order valence-corrected chi connectivity index (χ3v) is 7.26. The van der Waals surface area contributed by atoms with Gasteiger partial charge in [0.25, 0.3) is 0 Å². The third-order valence-electron chi connectivity index (χ3n) is 7.26. The maximum Gasteiger partial charge on any atom is 0.250 e. The minimum atomic E-state index is -1.69. The van der Waals surface area contributed by atoms with E-state index in [2.05, 4.69) is 10.6 Å². The first-order valence-corrected chi connectivity index (χ1v) is 11.4. The highest BCUT2D eigenvalue weighted by molar-refractivity contribution is 6.15. The van der Waals surface area contributed by atoms with Crippen LogP contribution in [0.1, 0.15) is 17.5 Å². The normalized spacial score (nSPS) is 26.2. The molecule has 0 saturated carbocycles. The number of carbonyl (C=O) groups excluding carboxylic acids is 4. The summed E-state index contributed by atoms with van der Waals surface area (Å²) in [6, 6.07) is 8.20. The lowest BCUT2D eigenvalue weighted by Gasteiger charge is -2.29. The number of primary amides is 1. The molecule has 2 aromatic rings. The van der Waals surface area contributed by atoms with Crippen molar-refractivity contribution in [2.75, 3.05) is 26.1 Å². The number of anilines is 1. The molecule has 188 valence electrons. The minimum Gasteiger partial charge on any atom is -0.493 e. The number of methoxy groups -OCH3 is 2. The number of nitrogens with zero attached hydrogens (tertiary/aromatic N) is 1. The van der Waals surface area contributed by atoms with Gasteiger partial charge in [-0.15, -0.1) is 0 Å². The van der Waals surface area contributed by atoms with Crippen LogP contribution < -0.4 is 25.8 Å². The van der Waals surface area contributed by atoms with E-state index in [1.54, 1.807) is 18.2 Å². The monoisotopic (exact) mass is 496 g/mol. The number of ether oxygens (including phenoxy) is 2. The average Bonchev–Trinajstić information content (AvgIpc) is 3.41. The second kappa shape index (κ2) is 8.59. The van der Waals surface area contributed by atoms with E-state index in [0.717, 1.165) is 10.5 Å². The van der Waals surface area contributed by atoms with Crippen LogP contribution in [-0.4, -0.2) is 55.3 Å². The summed E-state index contributed by atoms with van der Waals surface area (Å²) in [6.07, 6.45) is 0.0684. The Balaban J connectivity index is 1.49. The Bertz CT molecular complexity index is 1300. The highest BCUT2D eigenvalue weighted by atomic mass is 19.1. The predicted octanol–water partition coefficient (Wildman–Crippen LogP) is 0.681. The highest BCUT2D eigenvalue weighted by Crippen LogP contribution is 2.53. The fourth-order valence-corrected chi connectivity index (χ4v) is 5.72. The molecular formula is C25H25FN4O6. The fourth-order valence-electron chi connectivity index (χ4n) is 5.72. The van der Waals surface area contributed by atoms with E-state index >= 15 is 0 Å². The molecule has 3 aliphatic heterocycles. The van der Waals surface area contributed by atoms with Crippen LogP contribution in [0.2, 0.25) is 0 Å². The first-order chi connectivity index (χ1) is 17.2. The van der Waals surface area contributed by atoms with Crippen LogP contribution in [-0.2, 0) is 31.1 Å². The van der Waals surface area contributed by atoms with Gasteiger partial charge < -0.3 is 20.5 Å². The summed E-state index contributed by atoms with van der Waals surface area (Å²) < 4.78 is 24.8. The van der Waals surface area contributed by atoms with Gasteiger partial charge in [0, 0.05) is 30.3 Å². The number of amides is 4. The average molecular weight is 496 g/mol. The van der Waals surface area contributed by atoms with E-state index in [1.807, 2.05) is 0 Å². The van der Waals surface area contributed by atoms with Crippen molar-refractivity contribution in [3.8, 4) is 11.5 Å². The van der Waals surface area contributed by atoms with Crippen molar-refractivity contribution in [3.63, 3.8) is 0 Å². The van der Waals surface area contributed by atoms with Gasteiger partial charge >= 0.3 is 0 Å². The molecule has 5 rings (SSSR count). The molecule has 0 unspecified atom stereocenters. The van der Waals surface area contributed by atoms with Gasteiger partial charge in [-0.05, 0) is 42.3 Å². The van der Waals surface area contributed by atoms with Gasteiger partial charge in [0.05, 0.1) is 26.1 Å². The minimum absolute atomic E-state index is 0.0527. The Labute approximate surface area is 205 Å². The van der Waals surface area contributed by atoms with E-state index in [1.165, 1.54) is 32.4 Å². The van der Waals surface area contributed by atoms with Crippen molar-refractivity contribution in [3.05, 3.63) is 53.3 Å². The molecule has 0 bridgehead atoms. The molecule has 4 atom stereocenters. The van der Waals surface area contributed by atoms with Gasteiger partial charge in [0.15, 0.2) is 11.5 Å². The lowest BCUT2D eigenvalue weighted by molar-refractivity contribution is -0.142. The van der Waals surface area contributed by atoms with Gasteiger partial charge in [-0.25, -0.2) is 4.39 Å². The number of halogens is 1. The molecule has 36 heavy (non-hydrogen) atoms. The van der Waals surface area contributed by atoms with Crippen LogP contribution in [0.4, 0.5) is 10.1 Å². The lowest BCUT2D eigenvalue weighted by atomic mass is 9.76. The number of benzene rings is 2. The number of carbonyl (C=O) groups is 4. The quantitative estimate of drug-likeness (QED) is 0.479. The Morgan fingerprint density at radius 1 is 1.08 bits per heavy atom. The molecule has 2 fully saturated rings. The molecular weight excluding hydrogens is 471 g/mol. The van der Waals surface area contributed by atoms with Crippen molar-refractivity contribution in [1.82, 2.24) is 10.2 Å². The Morgan fingerprint density at radius 3 is 2.53 bits per heavy atom. The summed E-state index contributed by atoms with van der Waals surface area (Å²) in [4.78, 5) is 53.4. The van der Waals surface area contributed by atoms with Crippen LogP contribution in [0.25, 0.3) is 0 Å². The van der Waals surface area contributed by atoms with Crippen LogP contribution in [0.15, 0.2) is 36.4 Å². The lowest BCUT2D eigenvalue weighted by Crippen LogP contribution is -2.53. The largest absolute Gasteiger partial charge is 0.493 e. The molecule has 4 N–H and O–H groups in total. The zero-order valence-electron chi connectivity index (χ0n) is 19.7. The van der Waals surface area contributed by atoms with Crippen LogP contribution >= 0.6 is 0 Å². The summed E-state index contributed by atoms with van der Waals surface area (Å²) in [5.74, 6) is -4.02. The number of fused-ring (bicyclic) bond motifs is 4. The molecule has 2 saturated heterocycles. The van der Waals surface area contributed by atoms with E-state index in [9.17, 15) is 23.6 Å². The molecule has 4 amide bonds. The number of rotatable bonds is 7. The van der Waals surface area contributed by atoms with Crippen molar-refractivity contribution in [2.45, 2.75) is 24.4 Å². The van der Waals surface area contributed by atoms with Crippen LogP contribution in [0, 0.1) is 17.7 Å². The standard InChI is InChI=1S/C25H25FN4O6/c1-35-17-6-3-12(9-18(17)36-2)7-8-30-22(32)20-16(11-19(27)31)29-25(21(20)23(30)33)14-10-13(26)4-5-15(14)28-24(25)34/h3-6,9-10,16,20-21,29H,7-8,11H2,1-2H3,(H2,27,31)(H,28,34)/t16-,20-,21+,25+/m1/s1. The van der Waals surface area contributed by atoms with E-state index in [-0.39, 0.29) is 18.5 Å². The topological polar surface area (TPSA) is 140 Å². The molecule has 3 heterocycles. The SMILES string of the molecule is COc1ccc(CCN2C(=O)[C@H]3[C@@H](C2=O)[C@]2(N[C@@H]3CC(N)=O)C(=O)Nc3ccc(F)cc32)cc1OC. The third kappa shape index (κ3) is 3.41. The van der Waals surface area contributed by atoms with Crippen molar-refractivity contribution < 1.29 is 33.0 Å². The molecule has 2 aromatic carbocycles. The second-order valence-electron chi connectivity index (χ2n) is 9.14. The first-order valence-electron chi connectivity index (χ1n) is 11.4. The Morgan fingerprint density at radius 2 is 1.83 bits per heavy atom. The Hall–Kier alpha value is -3.99. The van der Waals surface area contributed by atoms with Crippen molar-refractivity contribution in [1.29, 1.82) is 0 Å². The number of likely N-dealkylation sites (tertiary alicyclic amines) is 1. The van der Waals surface area contributed by atoms with Gasteiger partial charge in [-0.2, -0.15) is 0 Å². The Kier molecular flexibility index (Phi) is 5.67. The van der Waals surface area contributed by atoms with Gasteiger partial charge in [0.2, 0.25) is 23.6 Å². The van der Waals surface area contributed by atoms with Gasteiger partial charge in [-0.1, -0.05) is 6.07 Å². The molecule has 3 aliphatic rings. The number of hydrogen-bond donors (Lipinski definition) is 3. The summed E-state index contributed by atoms with van der Waals surface area (Å²) in [5, 5.41) is 5.72. The van der Waals surface area contributed by atoms with Gasteiger partial charge in [0.1, 0.15) is 11.4 Å². The summed E-state index contributed by atoms with van der Waals surface area (Å²) in [6.45, 7) is 0.0527. The maximum atomic E-state index is 14.2. The molecule has 10 nitrogen and oxygen atoms in total. The summed E-state index contributed by atoms with van der Waals surface area (Å²) in [7, 11) is 3.03. The van der Waals surface area contributed by atoms with Crippen LogP contribution in [0.5, 0.6) is 11.5 Å². The fraction of sp³-hybridized carbons (Fsp3) is 0.360. The first kappa shape index (κ1) is 23.7. The molecule has 0 radical (unpaired) electrons. The predicted molar refractivity (Wildman–Crippen MR) is 124 cm³/mol. The molecule has 11 heteroatoms. The number of imide groups is 1. The van der Waals surface area contributed by atoms with Crippen molar-refractivity contribution >= 4 is 29.3 Å². The van der Waals surface area contributed by atoms with E-state index < -0.39 is 52.9 Å². The van der Waals surface area contributed by atoms with Crippen molar-refractivity contribution in [2.24, 2.45) is 17.6 Å². The number of nitrogens with one attached hydrogen (secondary N) is 2. The summed E-state index contributed by atoms with van der Waals surface area (Å²) >= 11 is 0. The number of nitrogens with two attached hydrogens (primary N) is 1. The number of hydrogen-bond acceptors (Lipinski definition) is 7. The van der Waals surface area contributed by atoms with Gasteiger partial charge in [-0.3, -0.25) is 29.4 Å². The highest BCUT2D eigenvalue weighted by Gasteiger charge is 2.70. The molecule has 0 aliphatic carbocycles. The van der Waals surface area contributed by atoms with E-state index in [0.29, 0.717) is 23.6 Å². The zero-order valence-corrected chi connectivity index (χ0v) is 19.7. The zero-order chi connectivity index (χ0) is 25.8. The second-order valence-corrected chi connectivity index (χ2v) is 9.14.